The quantitative estimate of drug-likeness (QED) is 0.379. The normalized spacial score (nSPS) is 11.5. The molecule has 0 aliphatic rings. The van der Waals surface area contributed by atoms with E-state index in [0.717, 1.165) is 35.3 Å². The fourth-order valence-electron chi connectivity index (χ4n) is 2.19. The Balaban J connectivity index is 2.03. The Morgan fingerprint density at radius 2 is 1.96 bits per heavy atom. The summed E-state index contributed by atoms with van der Waals surface area (Å²) in [5.41, 5.74) is 1.02. The molecule has 1 aromatic carbocycles. The first-order chi connectivity index (χ1) is 11.7. The number of benzene rings is 1. The van der Waals surface area contributed by atoms with Crippen molar-refractivity contribution in [3.63, 3.8) is 0 Å². The van der Waals surface area contributed by atoms with Crippen molar-refractivity contribution in [2.24, 2.45) is 5.10 Å². The van der Waals surface area contributed by atoms with Gasteiger partial charge in [-0.2, -0.15) is 9.78 Å². The Bertz CT molecular complexity index is 650. The molecule has 6 heteroatoms. The highest BCUT2D eigenvalue weighted by Crippen LogP contribution is 2.19. The average Bonchev–Trinajstić information content (AvgIpc) is 3.01. The zero-order chi connectivity index (χ0) is 17.4. The van der Waals surface area contributed by atoms with Crippen molar-refractivity contribution in [1.82, 2.24) is 14.9 Å². The lowest BCUT2D eigenvalue weighted by Crippen LogP contribution is -2.02. The minimum absolute atomic E-state index is 0.273. The van der Waals surface area contributed by atoms with E-state index in [1.54, 1.807) is 0 Å². The smallest absolute Gasteiger partial charge is 0.211 e. The summed E-state index contributed by atoms with van der Waals surface area (Å²) in [7, 11) is 0. The van der Waals surface area contributed by atoms with Gasteiger partial charge in [0.25, 0.3) is 0 Å². The van der Waals surface area contributed by atoms with Crippen molar-refractivity contribution < 1.29 is 4.74 Å². The Kier molecular flexibility index (Phi) is 7.31. The van der Waals surface area contributed by atoms with Crippen LogP contribution in [0.2, 0.25) is 0 Å². The number of rotatable bonds is 9. The first-order valence-electron chi connectivity index (χ1n) is 8.42. The molecule has 0 bridgehead atoms. The molecule has 0 saturated carbocycles. The molecule has 0 N–H and O–H groups in total. The number of hydrogen-bond acceptors (Lipinski definition) is 5. The highest BCUT2D eigenvalue weighted by atomic mass is 32.2. The van der Waals surface area contributed by atoms with Crippen LogP contribution in [0.15, 0.2) is 34.5 Å². The number of ether oxygens (including phenoxy) is 1. The fourth-order valence-corrected chi connectivity index (χ4v) is 2.63. The third-order valence-corrected chi connectivity index (χ3v) is 4.17. The molecular weight excluding hydrogens is 320 g/mol. The van der Waals surface area contributed by atoms with Gasteiger partial charge < -0.3 is 4.74 Å². The minimum atomic E-state index is 0.273. The second-order valence-corrected chi connectivity index (χ2v) is 6.65. The Labute approximate surface area is 148 Å². The standard InChI is InChI=1S/C18H26N4OS/c1-5-6-7-12-23-16-10-8-15(9-11-16)13-19-22-17(14(2)3)20-21-18(22)24-4/h8-11,13-14H,5-7,12H2,1-4H3/b19-13-. The lowest BCUT2D eigenvalue weighted by Gasteiger charge is -2.06. The van der Waals surface area contributed by atoms with Crippen molar-refractivity contribution in [2.45, 2.75) is 51.1 Å². The molecule has 5 nitrogen and oxygen atoms in total. The van der Waals surface area contributed by atoms with E-state index in [0.29, 0.717) is 0 Å². The lowest BCUT2D eigenvalue weighted by atomic mass is 10.2. The van der Waals surface area contributed by atoms with Gasteiger partial charge in [-0.05, 0) is 42.5 Å². The van der Waals surface area contributed by atoms with Gasteiger partial charge in [0, 0.05) is 5.92 Å². The van der Waals surface area contributed by atoms with E-state index in [-0.39, 0.29) is 5.92 Å². The zero-order valence-corrected chi connectivity index (χ0v) is 15.7. The van der Waals surface area contributed by atoms with Gasteiger partial charge in [0.05, 0.1) is 12.8 Å². The fraction of sp³-hybridized carbons (Fsp3) is 0.500. The molecule has 0 aliphatic carbocycles. The Morgan fingerprint density at radius 3 is 2.58 bits per heavy atom. The lowest BCUT2D eigenvalue weighted by molar-refractivity contribution is 0.306. The summed E-state index contributed by atoms with van der Waals surface area (Å²) in [6.45, 7) is 7.14. The molecule has 1 heterocycles. The van der Waals surface area contributed by atoms with Gasteiger partial charge in [-0.3, -0.25) is 0 Å². The molecule has 0 amide bonds. The third kappa shape index (κ3) is 5.09. The molecule has 130 valence electrons. The third-order valence-electron chi connectivity index (χ3n) is 3.55. The summed E-state index contributed by atoms with van der Waals surface area (Å²) < 4.78 is 7.54. The largest absolute Gasteiger partial charge is 0.494 e. The van der Waals surface area contributed by atoms with E-state index in [4.69, 9.17) is 4.74 Å². The molecule has 0 unspecified atom stereocenters. The molecule has 0 radical (unpaired) electrons. The zero-order valence-electron chi connectivity index (χ0n) is 14.9. The maximum absolute atomic E-state index is 5.73. The molecule has 2 aromatic rings. The molecular formula is C18H26N4OS. The van der Waals surface area contributed by atoms with Crippen molar-refractivity contribution in [3.8, 4) is 5.75 Å². The van der Waals surface area contributed by atoms with Gasteiger partial charge in [0.15, 0.2) is 5.82 Å². The number of nitrogens with zero attached hydrogens (tertiary/aromatic N) is 4. The molecule has 0 fully saturated rings. The molecule has 24 heavy (non-hydrogen) atoms. The highest BCUT2D eigenvalue weighted by molar-refractivity contribution is 7.98. The van der Waals surface area contributed by atoms with Gasteiger partial charge >= 0.3 is 0 Å². The van der Waals surface area contributed by atoms with Crippen molar-refractivity contribution in [1.29, 1.82) is 0 Å². The average molecular weight is 347 g/mol. The van der Waals surface area contributed by atoms with Crippen LogP contribution in [0.3, 0.4) is 0 Å². The SMILES string of the molecule is CCCCCOc1ccc(/C=N\n2c(SC)nnc2C(C)C)cc1. The van der Waals surface area contributed by atoms with Gasteiger partial charge in [0.1, 0.15) is 5.75 Å². The van der Waals surface area contributed by atoms with Gasteiger partial charge in [0.2, 0.25) is 5.16 Å². The van der Waals surface area contributed by atoms with E-state index >= 15 is 0 Å². The van der Waals surface area contributed by atoms with Crippen molar-refractivity contribution >= 4 is 18.0 Å². The summed E-state index contributed by atoms with van der Waals surface area (Å²) >= 11 is 1.54. The second-order valence-electron chi connectivity index (χ2n) is 5.88. The summed E-state index contributed by atoms with van der Waals surface area (Å²) in [6.07, 6.45) is 7.32. The number of aromatic nitrogens is 3. The molecule has 0 spiro atoms. The molecule has 1 aromatic heterocycles. The van der Waals surface area contributed by atoms with E-state index in [2.05, 4.69) is 36.1 Å². The summed E-state index contributed by atoms with van der Waals surface area (Å²) in [5.74, 6) is 2.04. The Hall–Kier alpha value is -1.82. The topological polar surface area (TPSA) is 52.3 Å². The van der Waals surface area contributed by atoms with E-state index in [1.165, 1.54) is 24.6 Å². The van der Waals surface area contributed by atoms with Crippen LogP contribution in [0.25, 0.3) is 0 Å². The van der Waals surface area contributed by atoms with E-state index in [9.17, 15) is 0 Å². The monoisotopic (exact) mass is 346 g/mol. The number of hydrogen-bond donors (Lipinski definition) is 0. The minimum Gasteiger partial charge on any atom is -0.494 e. The first-order valence-corrected chi connectivity index (χ1v) is 9.64. The summed E-state index contributed by atoms with van der Waals surface area (Å²) in [4.78, 5) is 0. The van der Waals surface area contributed by atoms with Crippen LogP contribution in [0.5, 0.6) is 5.75 Å². The Morgan fingerprint density at radius 1 is 1.21 bits per heavy atom. The predicted octanol–water partition coefficient (Wildman–Crippen LogP) is 4.57. The maximum Gasteiger partial charge on any atom is 0.211 e. The van der Waals surface area contributed by atoms with Gasteiger partial charge in [-0.15, -0.1) is 10.2 Å². The first kappa shape index (κ1) is 18.5. The van der Waals surface area contributed by atoms with Crippen LogP contribution < -0.4 is 4.74 Å². The van der Waals surface area contributed by atoms with Gasteiger partial charge in [-0.1, -0.05) is 45.4 Å². The second kappa shape index (κ2) is 9.47. The van der Waals surface area contributed by atoms with Crippen molar-refractivity contribution in [3.05, 3.63) is 35.7 Å². The van der Waals surface area contributed by atoms with Crippen LogP contribution in [0.4, 0.5) is 0 Å². The van der Waals surface area contributed by atoms with E-state index in [1.807, 2.05) is 41.4 Å². The highest BCUT2D eigenvalue weighted by Gasteiger charge is 2.13. The maximum atomic E-state index is 5.73. The molecule has 0 atom stereocenters. The molecule has 0 aliphatic heterocycles. The van der Waals surface area contributed by atoms with Gasteiger partial charge in [-0.25, -0.2) is 0 Å². The van der Waals surface area contributed by atoms with Crippen LogP contribution in [0, 0.1) is 0 Å². The van der Waals surface area contributed by atoms with Crippen LogP contribution in [-0.2, 0) is 0 Å². The van der Waals surface area contributed by atoms with Crippen molar-refractivity contribution in [2.75, 3.05) is 12.9 Å². The molecule has 2 rings (SSSR count). The summed E-state index contributed by atoms with van der Waals surface area (Å²) in [6, 6.07) is 7.99. The van der Waals surface area contributed by atoms with Crippen LogP contribution in [0.1, 0.15) is 57.3 Å². The number of thioether (sulfide) groups is 1. The number of unbranched alkanes of at least 4 members (excludes halogenated alkanes) is 2. The molecule has 0 saturated heterocycles. The summed E-state index contributed by atoms with van der Waals surface area (Å²) in [5, 5.41) is 13.7. The van der Waals surface area contributed by atoms with Crippen LogP contribution in [-0.4, -0.2) is 34.0 Å². The van der Waals surface area contributed by atoms with E-state index < -0.39 is 0 Å². The van der Waals surface area contributed by atoms with Crippen LogP contribution >= 0.6 is 11.8 Å². The predicted molar refractivity (Wildman–Crippen MR) is 100 cm³/mol.